The minimum absolute atomic E-state index is 0.233. The first kappa shape index (κ1) is 17.9. The van der Waals surface area contributed by atoms with Gasteiger partial charge in [0.25, 0.3) is 0 Å². The van der Waals surface area contributed by atoms with E-state index in [2.05, 4.69) is 24.8 Å². The van der Waals surface area contributed by atoms with Gasteiger partial charge in [0.05, 0.1) is 5.41 Å². The summed E-state index contributed by atoms with van der Waals surface area (Å²) in [6.07, 6.45) is 6.09. The lowest BCUT2D eigenvalue weighted by Gasteiger charge is -2.35. The molecular formula is C26H22O2. The molecule has 0 saturated carbocycles. The van der Waals surface area contributed by atoms with Crippen LogP contribution >= 0.6 is 0 Å². The fourth-order valence-electron chi connectivity index (χ4n) is 4.35. The normalized spacial score (nSPS) is 15.0. The summed E-state index contributed by atoms with van der Waals surface area (Å²) >= 11 is 0. The molecule has 28 heavy (non-hydrogen) atoms. The number of aromatic hydroxyl groups is 2. The lowest BCUT2D eigenvalue weighted by atomic mass is 9.66. The van der Waals surface area contributed by atoms with E-state index in [1.807, 2.05) is 55.5 Å². The molecule has 0 radical (unpaired) electrons. The maximum atomic E-state index is 9.88. The number of allylic oxidation sites excluding steroid dienone is 5. The topological polar surface area (TPSA) is 40.5 Å². The third kappa shape index (κ3) is 2.49. The molecule has 0 unspecified atom stereocenters. The van der Waals surface area contributed by atoms with Crippen molar-refractivity contribution in [3.8, 4) is 11.5 Å². The van der Waals surface area contributed by atoms with Crippen LogP contribution in [0.5, 0.6) is 11.5 Å². The van der Waals surface area contributed by atoms with Gasteiger partial charge in [-0.3, -0.25) is 0 Å². The van der Waals surface area contributed by atoms with Crippen molar-refractivity contribution in [2.45, 2.75) is 12.3 Å². The van der Waals surface area contributed by atoms with Crippen LogP contribution in [-0.4, -0.2) is 10.2 Å². The van der Waals surface area contributed by atoms with Gasteiger partial charge >= 0.3 is 0 Å². The monoisotopic (exact) mass is 366 g/mol. The highest BCUT2D eigenvalue weighted by atomic mass is 16.3. The molecular weight excluding hydrogens is 344 g/mol. The number of phenols is 2. The molecule has 3 aromatic carbocycles. The quantitative estimate of drug-likeness (QED) is 0.598. The fraction of sp³-hybridized carbons (Fsp3) is 0.0769. The van der Waals surface area contributed by atoms with Crippen LogP contribution in [0.25, 0.3) is 5.57 Å². The molecule has 0 spiro atoms. The van der Waals surface area contributed by atoms with Gasteiger partial charge in [-0.05, 0) is 64.6 Å². The zero-order valence-corrected chi connectivity index (χ0v) is 15.8. The largest absolute Gasteiger partial charge is 0.508 e. The van der Waals surface area contributed by atoms with E-state index in [1.54, 1.807) is 24.3 Å². The Morgan fingerprint density at radius 3 is 1.82 bits per heavy atom. The van der Waals surface area contributed by atoms with Crippen LogP contribution < -0.4 is 0 Å². The van der Waals surface area contributed by atoms with E-state index in [0.717, 1.165) is 33.4 Å². The summed E-state index contributed by atoms with van der Waals surface area (Å²) in [5.74, 6) is 0.466. The van der Waals surface area contributed by atoms with Crippen molar-refractivity contribution in [2.75, 3.05) is 0 Å². The zero-order valence-electron chi connectivity index (χ0n) is 15.8. The molecule has 0 amide bonds. The van der Waals surface area contributed by atoms with Gasteiger partial charge in [-0.1, -0.05) is 73.3 Å². The predicted octanol–water partition coefficient (Wildman–Crippen LogP) is 5.96. The highest BCUT2D eigenvalue weighted by Crippen LogP contribution is 2.55. The van der Waals surface area contributed by atoms with Gasteiger partial charge in [-0.15, -0.1) is 0 Å². The van der Waals surface area contributed by atoms with Crippen molar-refractivity contribution in [1.29, 1.82) is 0 Å². The summed E-state index contributed by atoms with van der Waals surface area (Å²) in [5, 5.41) is 19.8. The minimum Gasteiger partial charge on any atom is -0.508 e. The van der Waals surface area contributed by atoms with Crippen LogP contribution in [-0.2, 0) is 5.41 Å². The Morgan fingerprint density at radius 2 is 1.32 bits per heavy atom. The SMILES string of the molecule is C=CC1=C(/C=C\C)C(c2ccc(O)cc2)(c2ccc(O)cc2)c2ccccc21. The van der Waals surface area contributed by atoms with Crippen LogP contribution in [0.15, 0.2) is 103 Å². The minimum atomic E-state index is -0.561. The lowest BCUT2D eigenvalue weighted by molar-refractivity contribution is 0.474. The molecule has 0 aliphatic heterocycles. The van der Waals surface area contributed by atoms with Gasteiger partial charge in [0, 0.05) is 0 Å². The average Bonchev–Trinajstić information content (AvgIpc) is 3.00. The molecule has 4 rings (SSSR count). The predicted molar refractivity (Wildman–Crippen MR) is 114 cm³/mol. The summed E-state index contributed by atoms with van der Waals surface area (Å²) in [4.78, 5) is 0. The molecule has 0 aromatic heterocycles. The number of rotatable bonds is 4. The Kier molecular flexibility index (Phi) is 4.40. The van der Waals surface area contributed by atoms with E-state index in [0.29, 0.717) is 0 Å². The standard InChI is InChI=1S/C26H22O2/c1-3-7-24-22(4-2)23-8-5-6-9-25(23)26(24,18-10-14-20(27)15-11-18)19-12-16-21(28)17-13-19/h3-17,27-28H,2H2,1H3/b7-3-. The third-order valence-corrected chi connectivity index (χ3v) is 5.45. The van der Waals surface area contributed by atoms with Gasteiger partial charge in [0.1, 0.15) is 11.5 Å². The van der Waals surface area contributed by atoms with E-state index in [4.69, 9.17) is 0 Å². The second kappa shape index (κ2) is 6.90. The van der Waals surface area contributed by atoms with Crippen molar-refractivity contribution >= 4 is 5.57 Å². The van der Waals surface area contributed by atoms with Gasteiger partial charge < -0.3 is 10.2 Å². The molecule has 0 atom stereocenters. The molecule has 1 aliphatic carbocycles. The van der Waals surface area contributed by atoms with E-state index in [9.17, 15) is 10.2 Å². The molecule has 2 N–H and O–H groups in total. The van der Waals surface area contributed by atoms with Crippen molar-refractivity contribution in [2.24, 2.45) is 0 Å². The summed E-state index contributed by atoms with van der Waals surface area (Å²) in [5.41, 5.74) is 6.06. The number of benzene rings is 3. The van der Waals surface area contributed by atoms with Gasteiger partial charge in [0.2, 0.25) is 0 Å². The van der Waals surface area contributed by atoms with Gasteiger partial charge in [-0.25, -0.2) is 0 Å². The number of phenolic OH excluding ortho intramolecular Hbond substituents is 2. The van der Waals surface area contributed by atoms with Crippen molar-refractivity contribution in [1.82, 2.24) is 0 Å². The Balaban J connectivity index is 2.18. The number of fused-ring (bicyclic) bond motifs is 1. The number of hydrogen-bond acceptors (Lipinski definition) is 2. The van der Waals surface area contributed by atoms with Gasteiger partial charge in [0.15, 0.2) is 0 Å². The zero-order chi connectivity index (χ0) is 19.7. The molecule has 0 fully saturated rings. The maximum Gasteiger partial charge on any atom is 0.115 e. The highest BCUT2D eigenvalue weighted by molar-refractivity contribution is 5.91. The van der Waals surface area contributed by atoms with Crippen molar-refractivity contribution < 1.29 is 10.2 Å². The molecule has 0 bridgehead atoms. The number of hydrogen-bond donors (Lipinski definition) is 2. The fourth-order valence-corrected chi connectivity index (χ4v) is 4.35. The van der Waals surface area contributed by atoms with Crippen LogP contribution in [0.1, 0.15) is 29.2 Å². The first-order valence-corrected chi connectivity index (χ1v) is 9.31. The second-order valence-electron chi connectivity index (χ2n) is 6.92. The van der Waals surface area contributed by atoms with Crippen LogP contribution in [0.4, 0.5) is 0 Å². The third-order valence-electron chi connectivity index (χ3n) is 5.45. The maximum absolute atomic E-state index is 9.88. The molecule has 138 valence electrons. The second-order valence-corrected chi connectivity index (χ2v) is 6.92. The van der Waals surface area contributed by atoms with Crippen LogP contribution in [0, 0.1) is 0 Å². The van der Waals surface area contributed by atoms with Crippen molar-refractivity contribution in [3.05, 3.63) is 125 Å². The molecule has 1 aliphatic rings. The Hall–Kier alpha value is -3.52. The van der Waals surface area contributed by atoms with Gasteiger partial charge in [-0.2, -0.15) is 0 Å². The summed E-state index contributed by atoms with van der Waals surface area (Å²) in [7, 11) is 0. The lowest BCUT2D eigenvalue weighted by Crippen LogP contribution is -2.29. The molecule has 3 aromatic rings. The molecule has 2 nitrogen and oxygen atoms in total. The highest BCUT2D eigenvalue weighted by Gasteiger charge is 2.46. The first-order valence-electron chi connectivity index (χ1n) is 9.31. The van der Waals surface area contributed by atoms with E-state index < -0.39 is 5.41 Å². The van der Waals surface area contributed by atoms with Crippen LogP contribution in [0.2, 0.25) is 0 Å². The summed E-state index contributed by atoms with van der Waals surface area (Å²) in [6.45, 7) is 6.09. The van der Waals surface area contributed by atoms with E-state index in [1.165, 1.54) is 0 Å². The Morgan fingerprint density at radius 1 is 0.786 bits per heavy atom. The Bertz CT molecular complexity index is 1040. The smallest absolute Gasteiger partial charge is 0.115 e. The average molecular weight is 366 g/mol. The van der Waals surface area contributed by atoms with Crippen LogP contribution in [0.3, 0.4) is 0 Å². The molecule has 0 heterocycles. The molecule has 2 heteroatoms. The summed E-state index contributed by atoms with van der Waals surface area (Å²) in [6, 6.07) is 23.1. The molecule has 0 saturated heterocycles. The Labute approximate surface area is 165 Å². The first-order chi connectivity index (χ1) is 13.6. The van der Waals surface area contributed by atoms with Crippen molar-refractivity contribution in [3.63, 3.8) is 0 Å². The van der Waals surface area contributed by atoms with E-state index in [-0.39, 0.29) is 11.5 Å². The van der Waals surface area contributed by atoms with E-state index >= 15 is 0 Å². The summed E-state index contributed by atoms with van der Waals surface area (Å²) < 4.78 is 0.